The van der Waals surface area contributed by atoms with Gasteiger partial charge < -0.3 is 10.1 Å². The summed E-state index contributed by atoms with van der Waals surface area (Å²) < 4.78 is 18.6. The first-order valence-electron chi connectivity index (χ1n) is 11.8. The normalized spacial score (nSPS) is 10.7. The predicted octanol–water partition coefficient (Wildman–Crippen LogP) is 6.58. The van der Waals surface area contributed by atoms with E-state index in [-0.39, 0.29) is 12.1 Å². The number of ether oxygens (including phenoxy) is 1. The summed E-state index contributed by atoms with van der Waals surface area (Å²) in [5.74, 6) is -1.71. The maximum atomic E-state index is 13.5. The van der Waals surface area contributed by atoms with Crippen LogP contribution >= 0.6 is 0 Å². The lowest BCUT2D eigenvalue weighted by molar-refractivity contribution is -0.142. The molecule has 5 heteroatoms. The highest BCUT2D eigenvalue weighted by molar-refractivity contribution is 5.96. The molecular weight excluding hydrogens is 381 g/mol. The lowest BCUT2D eigenvalue weighted by Crippen LogP contribution is -2.31. The fourth-order valence-corrected chi connectivity index (χ4v) is 3.43. The van der Waals surface area contributed by atoms with Gasteiger partial charge in [-0.05, 0) is 18.6 Å². The first kappa shape index (κ1) is 26.1. The van der Waals surface area contributed by atoms with Crippen LogP contribution in [0.15, 0.2) is 24.3 Å². The van der Waals surface area contributed by atoms with Gasteiger partial charge in [-0.15, -0.1) is 0 Å². The molecule has 0 fully saturated rings. The summed E-state index contributed by atoms with van der Waals surface area (Å²) in [6.07, 6.45) is 17.9. The van der Waals surface area contributed by atoms with Crippen LogP contribution in [-0.2, 0) is 9.53 Å². The van der Waals surface area contributed by atoms with E-state index in [1.165, 1.54) is 95.2 Å². The number of unbranched alkanes of at least 4 members (excludes halogenated alkanes) is 13. The first-order chi connectivity index (χ1) is 14.6. The van der Waals surface area contributed by atoms with Crippen molar-refractivity contribution in [2.75, 3.05) is 13.2 Å². The van der Waals surface area contributed by atoms with Crippen molar-refractivity contribution in [3.63, 3.8) is 0 Å². The Balaban J connectivity index is 1.87. The van der Waals surface area contributed by atoms with Gasteiger partial charge in [-0.1, -0.05) is 103 Å². The largest absolute Gasteiger partial charge is 0.464 e. The molecule has 1 amide bonds. The van der Waals surface area contributed by atoms with Gasteiger partial charge in [0.2, 0.25) is 0 Å². The number of carbonyl (C=O) groups excluding carboxylic acids is 2. The fourth-order valence-electron chi connectivity index (χ4n) is 3.43. The molecule has 1 N–H and O–H groups in total. The Labute approximate surface area is 182 Å². The maximum absolute atomic E-state index is 13.5. The maximum Gasteiger partial charge on any atom is 0.325 e. The highest BCUT2D eigenvalue weighted by Crippen LogP contribution is 2.13. The molecule has 0 unspecified atom stereocenters. The summed E-state index contributed by atoms with van der Waals surface area (Å²) >= 11 is 0. The first-order valence-corrected chi connectivity index (χ1v) is 11.8. The Kier molecular flexibility index (Phi) is 15.6. The standard InChI is InChI=1S/C25H40FNO3/c1-2-3-4-5-6-7-8-9-10-11-12-13-14-17-20-30-24(28)21-27-25(29)22-18-15-16-19-23(22)26/h15-16,18-19H,2-14,17,20-21H2,1H3,(H,27,29). The Bertz CT molecular complexity index is 592. The molecule has 0 saturated heterocycles. The summed E-state index contributed by atoms with van der Waals surface area (Å²) in [6, 6.07) is 5.68. The summed E-state index contributed by atoms with van der Waals surface area (Å²) in [6.45, 7) is 2.38. The van der Waals surface area contributed by atoms with E-state index in [0.717, 1.165) is 12.8 Å². The third kappa shape index (κ3) is 13.3. The van der Waals surface area contributed by atoms with Gasteiger partial charge >= 0.3 is 5.97 Å². The molecule has 0 radical (unpaired) electrons. The van der Waals surface area contributed by atoms with Crippen molar-refractivity contribution in [3.8, 4) is 0 Å². The number of benzene rings is 1. The average Bonchev–Trinajstić information content (AvgIpc) is 2.75. The van der Waals surface area contributed by atoms with Gasteiger partial charge in [0.1, 0.15) is 12.4 Å². The highest BCUT2D eigenvalue weighted by atomic mass is 19.1. The number of esters is 1. The van der Waals surface area contributed by atoms with Crippen molar-refractivity contribution in [1.29, 1.82) is 0 Å². The number of amides is 1. The van der Waals surface area contributed by atoms with Crippen LogP contribution in [0.1, 0.15) is 107 Å². The van der Waals surface area contributed by atoms with Gasteiger partial charge in [-0.2, -0.15) is 0 Å². The second-order valence-electron chi connectivity index (χ2n) is 7.98. The number of rotatable bonds is 18. The average molecular weight is 422 g/mol. The number of carbonyl (C=O) groups is 2. The van der Waals surface area contributed by atoms with E-state index in [0.29, 0.717) is 6.61 Å². The topological polar surface area (TPSA) is 55.4 Å². The molecular formula is C25H40FNO3. The molecule has 0 saturated carbocycles. The summed E-state index contributed by atoms with van der Waals surface area (Å²) in [4.78, 5) is 23.5. The lowest BCUT2D eigenvalue weighted by atomic mass is 10.0. The minimum atomic E-state index is -0.610. The van der Waals surface area contributed by atoms with E-state index >= 15 is 0 Å². The summed E-state index contributed by atoms with van der Waals surface area (Å²) in [5, 5.41) is 2.39. The van der Waals surface area contributed by atoms with Gasteiger partial charge in [0.25, 0.3) is 5.91 Å². The molecule has 0 heterocycles. The van der Waals surface area contributed by atoms with Crippen LogP contribution in [0.5, 0.6) is 0 Å². The van der Waals surface area contributed by atoms with Gasteiger partial charge in [0.15, 0.2) is 0 Å². The molecule has 4 nitrogen and oxygen atoms in total. The lowest BCUT2D eigenvalue weighted by Gasteiger charge is -2.07. The Morgan fingerprint density at radius 2 is 1.30 bits per heavy atom. The van der Waals surface area contributed by atoms with Crippen molar-refractivity contribution < 1.29 is 18.7 Å². The molecule has 1 aromatic rings. The van der Waals surface area contributed by atoms with E-state index in [4.69, 9.17) is 4.74 Å². The molecule has 0 aliphatic carbocycles. The Hall–Kier alpha value is -1.91. The third-order valence-corrected chi connectivity index (χ3v) is 5.27. The second kappa shape index (κ2) is 17.9. The molecule has 0 spiro atoms. The fraction of sp³-hybridized carbons (Fsp3) is 0.680. The zero-order valence-electron chi connectivity index (χ0n) is 18.7. The Morgan fingerprint density at radius 1 is 0.800 bits per heavy atom. The van der Waals surface area contributed by atoms with Crippen LogP contribution in [0, 0.1) is 5.82 Å². The van der Waals surface area contributed by atoms with Gasteiger partial charge in [0.05, 0.1) is 12.2 Å². The van der Waals surface area contributed by atoms with E-state index in [2.05, 4.69) is 12.2 Å². The van der Waals surface area contributed by atoms with Crippen molar-refractivity contribution in [3.05, 3.63) is 35.6 Å². The number of nitrogens with one attached hydrogen (secondary N) is 1. The minimum absolute atomic E-state index is 0.0720. The Morgan fingerprint density at radius 3 is 1.83 bits per heavy atom. The molecule has 170 valence electrons. The van der Waals surface area contributed by atoms with E-state index < -0.39 is 17.7 Å². The van der Waals surface area contributed by atoms with Crippen LogP contribution in [0.2, 0.25) is 0 Å². The molecule has 0 aromatic heterocycles. The zero-order chi connectivity index (χ0) is 21.9. The number of hydrogen-bond acceptors (Lipinski definition) is 3. The second-order valence-corrected chi connectivity index (χ2v) is 7.98. The minimum Gasteiger partial charge on any atom is -0.464 e. The van der Waals surface area contributed by atoms with Gasteiger partial charge in [-0.25, -0.2) is 4.39 Å². The zero-order valence-corrected chi connectivity index (χ0v) is 18.7. The molecule has 0 atom stereocenters. The molecule has 0 aliphatic rings. The molecule has 30 heavy (non-hydrogen) atoms. The smallest absolute Gasteiger partial charge is 0.325 e. The van der Waals surface area contributed by atoms with Crippen LogP contribution in [0.25, 0.3) is 0 Å². The molecule has 0 bridgehead atoms. The van der Waals surface area contributed by atoms with E-state index in [1.54, 1.807) is 6.07 Å². The summed E-state index contributed by atoms with van der Waals surface area (Å²) in [5.41, 5.74) is -0.0720. The molecule has 0 aliphatic heterocycles. The predicted molar refractivity (Wildman–Crippen MR) is 120 cm³/mol. The van der Waals surface area contributed by atoms with Crippen molar-refractivity contribution in [2.45, 2.75) is 96.8 Å². The number of hydrogen-bond donors (Lipinski definition) is 1. The SMILES string of the molecule is CCCCCCCCCCCCCCCCOC(=O)CNC(=O)c1ccccc1F. The third-order valence-electron chi connectivity index (χ3n) is 5.27. The highest BCUT2D eigenvalue weighted by Gasteiger charge is 2.12. The van der Waals surface area contributed by atoms with Crippen molar-refractivity contribution >= 4 is 11.9 Å². The molecule has 1 aromatic carbocycles. The van der Waals surface area contributed by atoms with Gasteiger partial charge in [0, 0.05) is 0 Å². The van der Waals surface area contributed by atoms with Crippen molar-refractivity contribution in [2.24, 2.45) is 0 Å². The molecule has 1 rings (SSSR count). The van der Waals surface area contributed by atoms with Crippen LogP contribution < -0.4 is 5.32 Å². The van der Waals surface area contributed by atoms with Gasteiger partial charge in [-0.3, -0.25) is 9.59 Å². The number of halogens is 1. The van der Waals surface area contributed by atoms with Crippen molar-refractivity contribution in [1.82, 2.24) is 5.32 Å². The quantitative estimate of drug-likeness (QED) is 0.215. The van der Waals surface area contributed by atoms with Crippen LogP contribution in [0.3, 0.4) is 0 Å². The van der Waals surface area contributed by atoms with Crippen LogP contribution in [-0.4, -0.2) is 25.0 Å². The monoisotopic (exact) mass is 421 g/mol. The van der Waals surface area contributed by atoms with Crippen LogP contribution in [0.4, 0.5) is 4.39 Å². The van der Waals surface area contributed by atoms with E-state index in [1.807, 2.05) is 0 Å². The summed E-state index contributed by atoms with van der Waals surface area (Å²) in [7, 11) is 0. The van der Waals surface area contributed by atoms with E-state index in [9.17, 15) is 14.0 Å².